The zero-order chi connectivity index (χ0) is 14.9. The van der Waals surface area contributed by atoms with E-state index in [1.165, 1.54) is 17.2 Å². The van der Waals surface area contributed by atoms with Crippen LogP contribution in [-0.2, 0) is 0 Å². The van der Waals surface area contributed by atoms with E-state index in [0.717, 1.165) is 25.7 Å². The van der Waals surface area contributed by atoms with Crippen molar-refractivity contribution < 1.29 is 5.11 Å². The lowest BCUT2D eigenvalue weighted by Gasteiger charge is -2.27. The highest BCUT2D eigenvalue weighted by Crippen LogP contribution is 2.27. The second-order valence-corrected chi connectivity index (χ2v) is 5.90. The molecule has 0 atom stereocenters. The lowest BCUT2D eigenvalue weighted by atomic mass is 9.94. The predicted molar refractivity (Wildman–Crippen MR) is 79.5 cm³/mol. The summed E-state index contributed by atoms with van der Waals surface area (Å²) in [4.78, 5) is 15.9. The van der Waals surface area contributed by atoms with Crippen LogP contribution in [0, 0.1) is 6.92 Å². The zero-order valence-electron chi connectivity index (χ0n) is 12.2. The Labute approximate surface area is 122 Å². The van der Waals surface area contributed by atoms with Gasteiger partial charge in [0, 0.05) is 12.6 Å². The van der Waals surface area contributed by atoms with E-state index in [2.05, 4.69) is 20.5 Å². The summed E-state index contributed by atoms with van der Waals surface area (Å²) in [5.41, 5.74) is -0.421. The summed E-state index contributed by atoms with van der Waals surface area (Å²) in [7, 11) is 0. The van der Waals surface area contributed by atoms with Crippen LogP contribution >= 0.6 is 0 Å². The fourth-order valence-electron chi connectivity index (χ4n) is 3.01. The number of aryl methyl sites for hydroxylation is 1. The van der Waals surface area contributed by atoms with Crippen LogP contribution in [0.4, 0.5) is 5.82 Å². The van der Waals surface area contributed by atoms with Crippen molar-refractivity contribution >= 4 is 11.5 Å². The van der Waals surface area contributed by atoms with Crippen molar-refractivity contribution in [2.24, 2.45) is 0 Å². The van der Waals surface area contributed by atoms with Crippen molar-refractivity contribution in [3.05, 3.63) is 22.4 Å². The molecule has 2 aromatic rings. The van der Waals surface area contributed by atoms with Gasteiger partial charge in [-0.25, -0.2) is 19.3 Å². The topological polar surface area (TPSA) is 95.3 Å². The number of hydrogen-bond donors (Lipinski definition) is 3. The minimum absolute atomic E-state index is 0.288. The molecule has 2 heterocycles. The van der Waals surface area contributed by atoms with E-state index in [-0.39, 0.29) is 5.69 Å². The summed E-state index contributed by atoms with van der Waals surface area (Å²) >= 11 is 0. The van der Waals surface area contributed by atoms with Crippen LogP contribution in [0.5, 0.6) is 0 Å². The maximum atomic E-state index is 11.5. The Balaban J connectivity index is 1.77. The van der Waals surface area contributed by atoms with E-state index < -0.39 is 5.60 Å². The third kappa shape index (κ3) is 2.92. The average Bonchev–Trinajstić information content (AvgIpc) is 2.69. The Hall–Kier alpha value is -1.89. The van der Waals surface area contributed by atoms with Gasteiger partial charge in [-0.2, -0.15) is 5.10 Å². The molecule has 21 heavy (non-hydrogen) atoms. The quantitative estimate of drug-likeness (QED) is 0.739. The average molecular weight is 291 g/mol. The van der Waals surface area contributed by atoms with Gasteiger partial charge in [0.15, 0.2) is 5.65 Å². The molecule has 0 amide bonds. The van der Waals surface area contributed by atoms with Crippen LogP contribution in [0.2, 0.25) is 0 Å². The second kappa shape index (κ2) is 5.48. The summed E-state index contributed by atoms with van der Waals surface area (Å²) in [5, 5.41) is 20.2. The van der Waals surface area contributed by atoms with Gasteiger partial charge in [-0.15, -0.1) is 0 Å². The smallest absolute Gasteiger partial charge is 0.349 e. The minimum Gasteiger partial charge on any atom is -0.388 e. The van der Waals surface area contributed by atoms with E-state index >= 15 is 0 Å². The lowest BCUT2D eigenvalue weighted by molar-refractivity contribution is 0.0380. The SMILES string of the molecule is Cc1nc(NCC2(O)CCCCCC2)cc2n[nH]c(=O)n12. The number of fused-ring (bicyclic) bond motifs is 1. The number of aliphatic hydroxyl groups is 1. The van der Waals surface area contributed by atoms with Gasteiger partial charge in [0.05, 0.1) is 5.60 Å². The Morgan fingerprint density at radius 3 is 2.81 bits per heavy atom. The first-order valence-corrected chi connectivity index (χ1v) is 7.48. The molecule has 114 valence electrons. The Morgan fingerprint density at radius 2 is 2.10 bits per heavy atom. The molecule has 2 aromatic heterocycles. The van der Waals surface area contributed by atoms with Gasteiger partial charge >= 0.3 is 5.69 Å². The molecule has 1 fully saturated rings. The normalized spacial score (nSPS) is 18.6. The molecule has 3 N–H and O–H groups in total. The number of aromatic amines is 1. The van der Waals surface area contributed by atoms with Crippen molar-refractivity contribution in [1.29, 1.82) is 0 Å². The maximum absolute atomic E-state index is 11.5. The third-order valence-corrected chi connectivity index (χ3v) is 4.20. The van der Waals surface area contributed by atoms with E-state index in [0.29, 0.717) is 23.8 Å². The zero-order valence-corrected chi connectivity index (χ0v) is 12.2. The highest BCUT2D eigenvalue weighted by atomic mass is 16.3. The van der Waals surface area contributed by atoms with E-state index in [4.69, 9.17) is 0 Å². The predicted octanol–water partition coefficient (Wildman–Crippen LogP) is 1.22. The Kier molecular flexibility index (Phi) is 3.67. The van der Waals surface area contributed by atoms with Gasteiger partial charge in [0.1, 0.15) is 11.6 Å². The molecule has 1 saturated carbocycles. The van der Waals surface area contributed by atoms with Gasteiger partial charge in [0.2, 0.25) is 0 Å². The van der Waals surface area contributed by atoms with Crippen LogP contribution in [0.25, 0.3) is 5.65 Å². The summed E-state index contributed by atoms with van der Waals surface area (Å²) in [6.45, 7) is 2.24. The highest BCUT2D eigenvalue weighted by Gasteiger charge is 2.27. The van der Waals surface area contributed by atoms with E-state index in [1.54, 1.807) is 13.0 Å². The number of anilines is 1. The standard InChI is InChI=1S/C14H21N5O2/c1-10-16-11(8-12-17-18-13(20)19(10)12)15-9-14(21)6-4-2-3-5-7-14/h8,15,21H,2-7,9H2,1H3,(H,18,20). The molecule has 0 aromatic carbocycles. The molecule has 7 nitrogen and oxygen atoms in total. The summed E-state index contributed by atoms with van der Waals surface area (Å²) < 4.78 is 1.42. The summed E-state index contributed by atoms with van der Waals surface area (Å²) in [6.07, 6.45) is 6.17. The largest absolute Gasteiger partial charge is 0.388 e. The lowest BCUT2D eigenvalue weighted by Crippen LogP contribution is -2.36. The maximum Gasteiger partial charge on any atom is 0.349 e. The van der Waals surface area contributed by atoms with Gasteiger partial charge in [-0.3, -0.25) is 0 Å². The summed E-state index contributed by atoms with van der Waals surface area (Å²) in [5.74, 6) is 1.21. The highest BCUT2D eigenvalue weighted by molar-refractivity contribution is 5.49. The molecule has 1 aliphatic carbocycles. The molecule has 0 radical (unpaired) electrons. The van der Waals surface area contributed by atoms with Crippen LogP contribution in [0.1, 0.15) is 44.3 Å². The molecule has 0 aliphatic heterocycles. The molecular weight excluding hydrogens is 270 g/mol. The molecule has 7 heteroatoms. The molecule has 0 bridgehead atoms. The Morgan fingerprint density at radius 1 is 1.38 bits per heavy atom. The summed E-state index contributed by atoms with van der Waals surface area (Å²) in [6, 6.07) is 1.71. The number of H-pyrrole nitrogens is 1. The molecular formula is C14H21N5O2. The van der Waals surface area contributed by atoms with Crippen molar-refractivity contribution in [2.75, 3.05) is 11.9 Å². The fourth-order valence-corrected chi connectivity index (χ4v) is 3.01. The van der Waals surface area contributed by atoms with Crippen LogP contribution in [0.15, 0.2) is 10.9 Å². The van der Waals surface area contributed by atoms with Crippen molar-refractivity contribution in [3.8, 4) is 0 Å². The number of nitrogens with one attached hydrogen (secondary N) is 2. The van der Waals surface area contributed by atoms with Crippen LogP contribution in [-0.4, -0.2) is 36.8 Å². The van der Waals surface area contributed by atoms with Gasteiger partial charge in [0.25, 0.3) is 0 Å². The van der Waals surface area contributed by atoms with Gasteiger partial charge in [-0.05, 0) is 19.8 Å². The third-order valence-electron chi connectivity index (χ3n) is 4.20. The number of aromatic nitrogens is 4. The first kappa shape index (κ1) is 14.1. The van der Waals surface area contributed by atoms with Crippen LogP contribution in [0.3, 0.4) is 0 Å². The van der Waals surface area contributed by atoms with Gasteiger partial charge in [-0.1, -0.05) is 25.7 Å². The number of nitrogens with zero attached hydrogens (tertiary/aromatic N) is 3. The second-order valence-electron chi connectivity index (χ2n) is 5.90. The number of rotatable bonds is 3. The Bertz CT molecular complexity index is 682. The molecule has 0 spiro atoms. The van der Waals surface area contributed by atoms with E-state index in [9.17, 15) is 9.90 Å². The first-order chi connectivity index (χ1) is 10.1. The molecule has 3 rings (SSSR count). The number of hydrogen-bond acceptors (Lipinski definition) is 5. The van der Waals surface area contributed by atoms with Gasteiger partial charge < -0.3 is 10.4 Å². The monoisotopic (exact) mass is 291 g/mol. The van der Waals surface area contributed by atoms with Crippen molar-refractivity contribution in [1.82, 2.24) is 19.6 Å². The van der Waals surface area contributed by atoms with Crippen molar-refractivity contribution in [3.63, 3.8) is 0 Å². The van der Waals surface area contributed by atoms with Crippen molar-refractivity contribution in [2.45, 2.75) is 51.0 Å². The first-order valence-electron chi connectivity index (χ1n) is 7.48. The van der Waals surface area contributed by atoms with E-state index in [1.807, 2.05) is 0 Å². The minimum atomic E-state index is -0.663. The fraction of sp³-hybridized carbons (Fsp3) is 0.643. The van der Waals surface area contributed by atoms with Crippen LogP contribution < -0.4 is 11.0 Å². The molecule has 1 aliphatic rings. The molecule has 0 unspecified atom stereocenters. The molecule has 0 saturated heterocycles.